The van der Waals surface area contributed by atoms with Crippen molar-refractivity contribution in [1.82, 2.24) is 25.0 Å². The molecule has 4 rings (SSSR count). The van der Waals surface area contributed by atoms with E-state index in [-0.39, 0.29) is 36.7 Å². The van der Waals surface area contributed by atoms with Gasteiger partial charge in [0.2, 0.25) is 17.7 Å². The fraction of sp³-hybridized carbons (Fsp3) is 0.483. The third-order valence-electron chi connectivity index (χ3n) is 6.96. The van der Waals surface area contributed by atoms with Gasteiger partial charge in [0.1, 0.15) is 5.82 Å². The molecule has 0 fully saturated rings. The molecule has 1 aliphatic rings. The maximum absolute atomic E-state index is 14.5. The minimum atomic E-state index is -0.414. The molecule has 0 unspecified atom stereocenters. The summed E-state index contributed by atoms with van der Waals surface area (Å²) in [6.07, 6.45) is 4.41. The third kappa shape index (κ3) is 7.26. The summed E-state index contributed by atoms with van der Waals surface area (Å²) in [5.74, 6) is 0.389. The van der Waals surface area contributed by atoms with E-state index in [2.05, 4.69) is 33.9 Å². The van der Waals surface area contributed by atoms with Crippen molar-refractivity contribution in [3.63, 3.8) is 0 Å². The molecule has 0 bridgehead atoms. The van der Waals surface area contributed by atoms with Gasteiger partial charge in [-0.3, -0.25) is 19.5 Å². The zero-order valence-corrected chi connectivity index (χ0v) is 23.1. The minimum Gasteiger partial charge on any atom is -0.425 e. The van der Waals surface area contributed by atoms with Crippen LogP contribution >= 0.6 is 0 Å². The SMILES string of the molecule is CC(C)c1nnc(CCC(=O)N2CCN(C(C)C)CCCN(C(=O)c3ccncc3)c3ccc(F)cc3C2)o1. The Balaban J connectivity index is 1.63. The van der Waals surface area contributed by atoms with Crippen LogP contribution in [0.3, 0.4) is 0 Å². The Bertz CT molecular complexity index is 1260. The number of hydrogen-bond acceptors (Lipinski definition) is 7. The highest BCUT2D eigenvalue weighted by atomic mass is 19.1. The van der Waals surface area contributed by atoms with Crippen LogP contribution in [0.4, 0.5) is 10.1 Å². The molecule has 2 aromatic heterocycles. The van der Waals surface area contributed by atoms with Crippen molar-refractivity contribution in [2.45, 2.75) is 65.5 Å². The summed E-state index contributed by atoms with van der Waals surface area (Å²) in [6.45, 7) is 10.7. The molecule has 0 atom stereocenters. The van der Waals surface area contributed by atoms with Crippen LogP contribution in [0.2, 0.25) is 0 Å². The predicted octanol–water partition coefficient (Wildman–Crippen LogP) is 4.45. The monoisotopic (exact) mass is 536 g/mol. The minimum absolute atomic E-state index is 0.0931. The van der Waals surface area contributed by atoms with Gasteiger partial charge in [0.05, 0.1) is 0 Å². The van der Waals surface area contributed by atoms with E-state index in [0.29, 0.717) is 54.7 Å². The van der Waals surface area contributed by atoms with E-state index < -0.39 is 5.82 Å². The molecule has 39 heavy (non-hydrogen) atoms. The van der Waals surface area contributed by atoms with Crippen LogP contribution in [0.25, 0.3) is 0 Å². The number of hydrogen-bond donors (Lipinski definition) is 0. The van der Waals surface area contributed by atoms with E-state index in [1.165, 1.54) is 12.1 Å². The first kappa shape index (κ1) is 28.4. The Hall–Kier alpha value is -3.66. The predicted molar refractivity (Wildman–Crippen MR) is 146 cm³/mol. The number of fused-ring (bicyclic) bond motifs is 1. The number of benzene rings is 1. The Labute approximate surface area is 229 Å². The number of rotatable bonds is 6. The lowest BCUT2D eigenvalue weighted by molar-refractivity contribution is -0.132. The average molecular weight is 537 g/mol. The Kier molecular flexibility index (Phi) is 9.40. The maximum Gasteiger partial charge on any atom is 0.258 e. The second kappa shape index (κ2) is 12.9. The molecule has 0 aliphatic carbocycles. The Morgan fingerprint density at radius 3 is 2.46 bits per heavy atom. The number of halogens is 1. The smallest absolute Gasteiger partial charge is 0.258 e. The molecule has 208 valence electrons. The standard InChI is InChI=1S/C29H37FN6O3/c1-20(2)28-33-32-26(39-28)8-9-27(37)35-17-16-34(21(3)4)14-5-15-36(29(38)22-10-12-31-13-11-22)25-7-6-24(30)18-23(25)19-35/h6-7,10-13,18,20-21H,5,8-9,14-17,19H2,1-4H3. The molecule has 3 aromatic rings. The lowest BCUT2D eigenvalue weighted by atomic mass is 10.1. The Morgan fingerprint density at radius 1 is 1.00 bits per heavy atom. The van der Waals surface area contributed by atoms with Crippen molar-refractivity contribution in [2.24, 2.45) is 0 Å². The van der Waals surface area contributed by atoms with Gasteiger partial charge in [-0.05, 0) is 56.2 Å². The fourth-order valence-corrected chi connectivity index (χ4v) is 4.71. The number of aryl methyl sites for hydroxylation is 1. The molecule has 0 saturated heterocycles. The molecule has 1 aliphatic heterocycles. The van der Waals surface area contributed by atoms with Gasteiger partial charge in [-0.15, -0.1) is 10.2 Å². The normalized spacial score (nSPS) is 15.4. The summed E-state index contributed by atoms with van der Waals surface area (Å²) in [5, 5.41) is 8.13. The van der Waals surface area contributed by atoms with Crippen LogP contribution in [0, 0.1) is 5.82 Å². The molecule has 0 N–H and O–H groups in total. The molecule has 3 heterocycles. The van der Waals surface area contributed by atoms with Gasteiger partial charge in [-0.2, -0.15) is 0 Å². The van der Waals surface area contributed by atoms with Gasteiger partial charge in [0.25, 0.3) is 5.91 Å². The van der Waals surface area contributed by atoms with Crippen molar-refractivity contribution in [3.05, 3.63) is 71.5 Å². The zero-order chi connectivity index (χ0) is 27.9. The number of carbonyl (C=O) groups is 2. The van der Waals surface area contributed by atoms with Gasteiger partial charge in [0, 0.05) is 81.2 Å². The third-order valence-corrected chi connectivity index (χ3v) is 6.96. The van der Waals surface area contributed by atoms with E-state index in [0.717, 1.165) is 13.0 Å². The number of anilines is 1. The van der Waals surface area contributed by atoms with Gasteiger partial charge in [-0.25, -0.2) is 4.39 Å². The molecule has 1 aromatic carbocycles. The van der Waals surface area contributed by atoms with Crippen molar-refractivity contribution < 1.29 is 18.4 Å². The number of nitrogens with zero attached hydrogens (tertiary/aromatic N) is 6. The lowest BCUT2D eigenvalue weighted by Crippen LogP contribution is -2.41. The first-order valence-corrected chi connectivity index (χ1v) is 13.6. The van der Waals surface area contributed by atoms with Crippen LogP contribution in [0.15, 0.2) is 47.1 Å². The second-order valence-electron chi connectivity index (χ2n) is 10.5. The van der Waals surface area contributed by atoms with Crippen LogP contribution in [0.1, 0.15) is 74.2 Å². The maximum atomic E-state index is 14.5. The molecule has 2 amide bonds. The van der Waals surface area contributed by atoms with Crippen molar-refractivity contribution in [3.8, 4) is 0 Å². The van der Waals surface area contributed by atoms with Crippen LogP contribution in [0.5, 0.6) is 0 Å². The van der Waals surface area contributed by atoms with E-state index in [1.54, 1.807) is 40.4 Å². The summed E-state index contributed by atoms with van der Waals surface area (Å²) < 4.78 is 20.2. The quantitative estimate of drug-likeness (QED) is 0.459. The van der Waals surface area contributed by atoms with E-state index in [1.807, 2.05) is 13.8 Å². The first-order valence-electron chi connectivity index (χ1n) is 13.6. The summed E-state index contributed by atoms with van der Waals surface area (Å²) in [5.41, 5.74) is 1.69. The highest BCUT2D eigenvalue weighted by Crippen LogP contribution is 2.27. The fourth-order valence-electron chi connectivity index (χ4n) is 4.71. The summed E-state index contributed by atoms with van der Waals surface area (Å²) in [4.78, 5) is 36.9. The largest absolute Gasteiger partial charge is 0.425 e. The summed E-state index contributed by atoms with van der Waals surface area (Å²) >= 11 is 0. The summed E-state index contributed by atoms with van der Waals surface area (Å²) in [7, 11) is 0. The molecule has 0 spiro atoms. The van der Waals surface area contributed by atoms with Crippen LogP contribution in [-0.2, 0) is 17.8 Å². The van der Waals surface area contributed by atoms with Crippen molar-refractivity contribution in [2.75, 3.05) is 31.1 Å². The van der Waals surface area contributed by atoms with Gasteiger partial charge in [-0.1, -0.05) is 13.8 Å². The van der Waals surface area contributed by atoms with Crippen molar-refractivity contribution in [1.29, 1.82) is 0 Å². The van der Waals surface area contributed by atoms with E-state index in [4.69, 9.17) is 4.42 Å². The molecule has 9 nitrogen and oxygen atoms in total. The van der Waals surface area contributed by atoms with E-state index in [9.17, 15) is 14.0 Å². The summed E-state index contributed by atoms with van der Waals surface area (Å²) in [6, 6.07) is 8.04. The number of carbonyl (C=O) groups excluding carboxylic acids is 2. The average Bonchev–Trinajstić information content (AvgIpc) is 3.39. The lowest BCUT2D eigenvalue weighted by Gasteiger charge is -2.30. The van der Waals surface area contributed by atoms with Gasteiger partial charge < -0.3 is 14.2 Å². The Morgan fingerprint density at radius 2 is 1.77 bits per heavy atom. The highest BCUT2D eigenvalue weighted by molar-refractivity contribution is 6.06. The molecule has 10 heteroatoms. The number of aromatic nitrogens is 3. The first-order chi connectivity index (χ1) is 18.7. The van der Waals surface area contributed by atoms with E-state index >= 15 is 0 Å². The zero-order valence-electron chi connectivity index (χ0n) is 23.1. The molecular weight excluding hydrogens is 499 g/mol. The van der Waals surface area contributed by atoms with Gasteiger partial charge in [0.15, 0.2) is 0 Å². The van der Waals surface area contributed by atoms with Crippen LogP contribution < -0.4 is 4.90 Å². The number of pyridine rings is 1. The molecule has 0 saturated carbocycles. The van der Waals surface area contributed by atoms with Crippen molar-refractivity contribution >= 4 is 17.5 Å². The van der Waals surface area contributed by atoms with Gasteiger partial charge >= 0.3 is 0 Å². The van der Waals surface area contributed by atoms with Crippen LogP contribution in [-0.4, -0.2) is 69.0 Å². The second-order valence-corrected chi connectivity index (χ2v) is 10.5. The highest BCUT2D eigenvalue weighted by Gasteiger charge is 2.26. The topological polar surface area (TPSA) is 95.7 Å². The molecule has 0 radical (unpaired) electrons. The number of amides is 2. The molecular formula is C29H37FN6O3.